The molecule has 3 rings (SSSR count). The molecule has 1 heterocycles. The van der Waals surface area contributed by atoms with Gasteiger partial charge in [-0.2, -0.15) is 0 Å². The second-order valence-corrected chi connectivity index (χ2v) is 6.90. The van der Waals surface area contributed by atoms with E-state index in [-0.39, 0.29) is 18.6 Å². The van der Waals surface area contributed by atoms with Gasteiger partial charge < -0.3 is 14.6 Å². The van der Waals surface area contributed by atoms with Crippen molar-refractivity contribution in [2.75, 3.05) is 6.61 Å². The number of aromatic nitrogens is 2. The first-order valence-electron chi connectivity index (χ1n) is 8.67. The Morgan fingerprint density at radius 2 is 1.89 bits per heavy atom. The standard InChI is InChI=1S/C21H22ClN3O2/c1-14-11-17(22)12-15(2)20(14)27-13-18(26)24-19(16-7-5-4-6-8-16)21-23-9-10-25(21)3/h4-12,19H,13H2,1-3H3,(H,24,26). The number of halogens is 1. The van der Waals surface area contributed by atoms with Crippen LogP contribution in [0.5, 0.6) is 5.75 Å². The van der Waals surface area contributed by atoms with Crippen LogP contribution in [0.3, 0.4) is 0 Å². The zero-order valence-corrected chi connectivity index (χ0v) is 16.3. The van der Waals surface area contributed by atoms with Gasteiger partial charge in [0.1, 0.15) is 17.6 Å². The first-order valence-corrected chi connectivity index (χ1v) is 9.04. The van der Waals surface area contributed by atoms with Crippen molar-refractivity contribution in [3.8, 4) is 5.75 Å². The average Bonchev–Trinajstić information content (AvgIpc) is 3.05. The van der Waals surface area contributed by atoms with Gasteiger partial charge in [-0.25, -0.2) is 4.98 Å². The number of ether oxygens (including phenoxy) is 1. The highest BCUT2D eigenvalue weighted by molar-refractivity contribution is 6.30. The molecular weight excluding hydrogens is 362 g/mol. The molecule has 0 saturated carbocycles. The van der Waals surface area contributed by atoms with Gasteiger partial charge in [-0.1, -0.05) is 41.9 Å². The van der Waals surface area contributed by atoms with Crippen molar-refractivity contribution in [2.24, 2.45) is 7.05 Å². The van der Waals surface area contributed by atoms with Crippen LogP contribution in [0, 0.1) is 13.8 Å². The summed E-state index contributed by atoms with van der Waals surface area (Å²) in [4.78, 5) is 17.0. The number of hydrogen-bond donors (Lipinski definition) is 1. The number of imidazole rings is 1. The van der Waals surface area contributed by atoms with Crippen molar-refractivity contribution in [3.05, 3.63) is 82.4 Å². The topological polar surface area (TPSA) is 56.1 Å². The first-order chi connectivity index (χ1) is 13.0. The molecule has 27 heavy (non-hydrogen) atoms. The van der Waals surface area contributed by atoms with Gasteiger partial charge in [0.2, 0.25) is 0 Å². The van der Waals surface area contributed by atoms with Crippen molar-refractivity contribution in [1.82, 2.24) is 14.9 Å². The van der Waals surface area contributed by atoms with Gasteiger partial charge in [-0.3, -0.25) is 4.79 Å². The Morgan fingerprint density at radius 1 is 1.22 bits per heavy atom. The zero-order chi connectivity index (χ0) is 19.4. The predicted octanol–water partition coefficient (Wildman–Crippen LogP) is 3.97. The fourth-order valence-corrected chi connectivity index (χ4v) is 3.39. The number of benzene rings is 2. The monoisotopic (exact) mass is 383 g/mol. The van der Waals surface area contributed by atoms with Gasteiger partial charge in [-0.15, -0.1) is 0 Å². The van der Waals surface area contributed by atoms with Crippen molar-refractivity contribution in [1.29, 1.82) is 0 Å². The van der Waals surface area contributed by atoms with E-state index >= 15 is 0 Å². The molecule has 0 aliphatic heterocycles. The smallest absolute Gasteiger partial charge is 0.258 e. The minimum atomic E-state index is -0.352. The van der Waals surface area contributed by atoms with Crippen molar-refractivity contribution >= 4 is 17.5 Å². The summed E-state index contributed by atoms with van der Waals surface area (Å²) in [6, 6.07) is 13.0. The Kier molecular flexibility index (Phi) is 5.81. The van der Waals surface area contributed by atoms with Gasteiger partial charge >= 0.3 is 0 Å². The Balaban J connectivity index is 1.75. The molecule has 0 radical (unpaired) electrons. The number of carbonyl (C=O) groups excluding carboxylic acids is 1. The molecule has 2 aromatic carbocycles. The maximum Gasteiger partial charge on any atom is 0.258 e. The molecule has 1 atom stereocenters. The molecule has 1 unspecified atom stereocenters. The lowest BCUT2D eigenvalue weighted by atomic mass is 10.1. The molecule has 0 bridgehead atoms. The number of amides is 1. The van der Waals surface area contributed by atoms with E-state index < -0.39 is 0 Å². The minimum absolute atomic E-state index is 0.0862. The highest BCUT2D eigenvalue weighted by atomic mass is 35.5. The van der Waals surface area contributed by atoms with E-state index in [1.807, 2.05) is 74.1 Å². The number of carbonyl (C=O) groups is 1. The lowest BCUT2D eigenvalue weighted by molar-refractivity contribution is -0.123. The van der Waals surface area contributed by atoms with Gasteiger partial charge in [0.25, 0.3) is 5.91 Å². The van der Waals surface area contributed by atoms with Crippen LogP contribution in [0.25, 0.3) is 0 Å². The van der Waals surface area contributed by atoms with Crippen molar-refractivity contribution in [2.45, 2.75) is 19.9 Å². The number of nitrogens with one attached hydrogen (secondary N) is 1. The van der Waals surface area contributed by atoms with E-state index in [9.17, 15) is 4.79 Å². The molecule has 0 fully saturated rings. The molecule has 0 aliphatic carbocycles. The summed E-state index contributed by atoms with van der Waals surface area (Å²) in [6.07, 6.45) is 3.57. The summed E-state index contributed by atoms with van der Waals surface area (Å²) in [5.41, 5.74) is 2.76. The molecule has 5 nitrogen and oxygen atoms in total. The summed E-state index contributed by atoms with van der Waals surface area (Å²) < 4.78 is 7.67. The quantitative estimate of drug-likeness (QED) is 0.700. The van der Waals surface area contributed by atoms with E-state index in [4.69, 9.17) is 16.3 Å². The lowest BCUT2D eigenvalue weighted by Gasteiger charge is -2.20. The fraction of sp³-hybridized carbons (Fsp3) is 0.238. The maximum absolute atomic E-state index is 12.6. The third kappa shape index (κ3) is 4.49. The predicted molar refractivity (Wildman–Crippen MR) is 106 cm³/mol. The average molecular weight is 384 g/mol. The normalized spacial score (nSPS) is 11.9. The Morgan fingerprint density at radius 3 is 2.48 bits per heavy atom. The van der Waals surface area contributed by atoms with E-state index in [0.717, 1.165) is 22.5 Å². The zero-order valence-electron chi connectivity index (χ0n) is 15.6. The van der Waals surface area contributed by atoms with Crippen LogP contribution in [0.2, 0.25) is 5.02 Å². The molecule has 0 saturated heterocycles. The number of aryl methyl sites for hydroxylation is 3. The van der Waals surface area contributed by atoms with Crippen LogP contribution in [-0.2, 0) is 11.8 Å². The third-order valence-electron chi connectivity index (χ3n) is 4.33. The number of rotatable bonds is 6. The fourth-order valence-electron chi connectivity index (χ4n) is 3.06. The van der Waals surface area contributed by atoms with E-state index in [2.05, 4.69) is 10.3 Å². The van der Waals surface area contributed by atoms with E-state index in [1.165, 1.54) is 0 Å². The van der Waals surface area contributed by atoms with Crippen LogP contribution in [0.15, 0.2) is 54.9 Å². The highest BCUT2D eigenvalue weighted by Crippen LogP contribution is 2.27. The van der Waals surface area contributed by atoms with Gasteiger partial charge in [0, 0.05) is 24.5 Å². The molecule has 1 aromatic heterocycles. The van der Waals surface area contributed by atoms with Gasteiger partial charge in [0.15, 0.2) is 6.61 Å². The number of hydrogen-bond acceptors (Lipinski definition) is 3. The Labute approximate surface area is 164 Å². The summed E-state index contributed by atoms with van der Waals surface area (Å²) >= 11 is 6.05. The third-order valence-corrected chi connectivity index (χ3v) is 4.55. The van der Waals surface area contributed by atoms with Gasteiger partial charge in [-0.05, 0) is 42.7 Å². The molecule has 140 valence electrons. The second kappa shape index (κ2) is 8.27. The van der Waals surface area contributed by atoms with Crippen molar-refractivity contribution in [3.63, 3.8) is 0 Å². The minimum Gasteiger partial charge on any atom is -0.483 e. The van der Waals surface area contributed by atoms with Crippen LogP contribution < -0.4 is 10.1 Å². The van der Waals surface area contributed by atoms with Crippen LogP contribution >= 0.6 is 11.6 Å². The molecule has 1 amide bonds. The second-order valence-electron chi connectivity index (χ2n) is 6.46. The highest BCUT2D eigenvalue weighted by Gasteiger charge is 2.21. The van der Waals surface area contributed by atoms with Gasteiger partial charge in [0.05, 0.1) is 0 Å². The Hall–Kier alpha value is -2.79. The summed E-state index contributed by atoms with van der Waals surface area (Å²) in [5, 5.41) is 3.68. The summed E-state index contributed by atoms with van der Waals surface area (Å²) in [7, 11) is 1.90. The van der Waals surface area contributed by atoms with Crippen LogP contribution in [-0.4, -0.2) is 22.1 Å². The molecule has 1 N–H and O–H groups in total. The molecule has 3 aromatic rings. The van der Waals surface area contributed by atoms with Crippen LogP contribution in [0.4, 0.5) is 0 Å². The maximum atomic E-state index is 12.6. The van der Waals surface area contributed by atoms with Crippen molar-refractivity contribution < 1.29 is 9.53 Å². The molecule has 0 spiro atoms. The molecule has 0 aliphatic rings. The largest absolute Gasteiger partial charge is 0.483 e. The Bertz CT molecular complexity index is 915. The first kappa shape index (κ1) is 19.0. The van der Waals surface area contributed by atoms with E-state index in [0.29, 0.717) is 10.8 Å². The molecule has 6 heteroatoms. The number of nitrogens with zero attached hydrogens (tertiary/aromatic N) is 2. The lowest BCUT2D eigenvalue weighted by Crippen LogP contribution is -2.34. The van der Waals surface area contributed by atoms with E-state index in [1.54, 1.807) is 6.20 Å². The van der Waals surface area contributed by atoms with Crippen LogP contribution in [0.1, 0.15) is 28.6 Å². The SMILES string of the molecule is Cc1cc(Cl)cc(C)c1OCC(=O)NC(c1ccccc1)c1nccn1C. The summed E-state index contributed by atoms with van der Waals surface area (Å²) in [5.74, 6) is 1.22. The molecular formula is C21H22ClN3O2. The summed E-state index contributed by atoms with van der Waals surface area (Å²) in [6.45, 7) is 3.73.